The number of rotatable bonds is 4. The topological polar surface area (TPSA) is 38.2 Å². The van der Waals surface area contributed by atoms with E-state index in [1.54, 1.807) is 0 Å². The van der Waals surface area contributed by atoms with Crippen LogP contribution in [0.1, 0.15) is 52.4 Å². The smallest absolute Gasteiger partial charge is 0.0375 e. The van der Waals surface area contributed by atoms with Crippen LogP contribution in [0.2, 0.25) is 0 Å². The largest absolute Gasteiger partial charge is 0.312 e. The van der Waals surface area contributed by atoms with Gasteiger partial charge in [0.25, 0.3) is 0 Å². The molecule has 2 saturated heterocycles. The molecule has 4 atom stereocenters. The zero-order valence-electron chi connectivity index (χ0n) is 11.4. The molecule has 0 aromatic carbocycles. The van der Waals surface area contributed by atoms with Crippen LogP contribution in [0.5, 0.6) is 0 Å². The Balaban J connectivity index is 1.74. The van der Waals surface area contributed by atoms with Crippen LogP contribution in [0.15, 0.2) is 0 Å². The summed E-state index contributed by atoms with van der Waals surface area (Å²) >= 11 is 0. The lowest BCUT2D eigenvalue weighted by molar-refractivity contribution is 0.258. The van der Waals surface area contributed by atoms with Gasteiger partial charge in [0.15, 0.2) is 0 Å². The van der Waals surface area contributed by atoms with E-state index in [0.29, 0.717) is 24.2 Å². The van der Waals surface area contributed by atoms with Crippen molar-refractivity contribution < 1.29 is 0 Å². The highest BCUT2D eigenvalue weighted by atomic mass is 15.1. The summed E-state index contributed by atoms with van der Waals surface area (Å²) in [5, 5.41) is 12.2. The number of nitrogens with zero attached hydrogens (tertiary/aromatic N) is 1. The molecular formula is C14H28N3. The third-order valence-corrected chi connectivity index (χ3v) is 4.33. The van der Waals surface area contributed by atoms with E-state index < -0.39 is 0 Å². The molecule has 0 aromatic rings. The van der Waals surface area contributed by atoms with Crippen molar-refractivity contribution in [3.05, 3.63) is 0 Å². The summed E-state index contributed by atoms with van der Waals surface area (Å²) in [5.74, 6) is 0. The number of nitrogens with one attached hydrogen (secondary N) is 2. The van der Waals surface area contributed by atoms with Crippen LogP contribution < -0.4 is 16.0 Å². The van der Waals surface area contributed by atoms with Crippen LogP contribution in [0.4, 0.5) is 0 Å². The van der Waals surface area contributed by atoms with E-state index >= 15 is 0 Å². The highest BCUT2D eigenvalue weighted by molar-refractivity contribution is 4.88. The van der Waals surface area contributed by atoms with Gasteiger partial charge in [0.05, 0.1) is 0 Å². The average molecular weight is 238 g/mol. The van der Waals surface area contributed by atoms with Gasteiger partial charge in [-0.2, -0.15) is 0 Å². The maximum Gasteiger partial charge on any atom is 0.0375 e. The standard InChI is InChI=1S/C14H28N3/c1-11(13-7-3-5-9-15-13)17-12(2)14-8-4-6-10-16-14/h11-16H,3-10H2,1-2H3. The first-order valence-corrected chi connectivity index (χ1v) is 7.44. The predicted octanol–water partition coefficient (Wildman–Crippen LogP) is 1.65. The Morgan fingerprint density at radius 3 is 1.65 bits per heavy atom. The Kier molecular flexibility index (Phi) is 5.26. The van der Waals surface area contributed by atoms with E-state index in [1.807, 2.05) is 0 Å². The molecule has 0 spiro atoms. The molecule has 2 fully saturated rings. The number of hydrogen-bond acceptors (Lipinski definition) is 2. The van der Waals surface area contributed by atoms with Gasteiger partial charge in [0.1, 0.15) is 0 Å². The maximum absolute atomic E-state index is 5.00. The monoisotopic (exact) mass is 238 g/mol. The zero-order chi connectivity index (χ0) is 12.1. The van der Waals surface area contributed by atoms with E-state index in [0.717, 1.165) is 0 Å². The highest BCUT2D eigenvalue weighted by Gasteiger charge is 2.26. The first kappa shape index (κ1) is 13.3. The summed E-state index contributed by atoms with van der Waals surface area (Å²) in [6, 6.07) is 2.17. The molecule has 99 valence electrons. The lowest BCUT2D eigenvalue weighted by Gasteiger charge is -2.34. The molecule has 2 rings (SSSR count). The SMILES string of the molecule is CC([N]C(C)C1CCCCN1)C1CCCCN1. The minimum absolute atomic E-state index is 0.467. The molecule has 1 radical (unpaired) electrons. The Hall–Kier alpha value is -0.120. The van der Waals surface area contributed by atoms with Crippen molar-refractivity contribution in [3.63, 3.8) is 0 Å². The molecule has 4 unspecified atom stereocenters. The summed E-state index contributed by atoms with van der Waals surface area (Å²) in [5.41, 5.74) is 0. The van der Waals surface area contributed by atoms with Gasteiger partial charge in [-0.1, -0.05) is 12.8 Å². The van der Waals surface area contributed by atoms with Gasteiger partial charge < -0.3 is 10.6 Å². The minimum atomic E-state index is 0.467. The molecule has 0 bridgehead atoms. The molecule has 2 heterocycles. The third-order valence-electron chi connectivity index (χ3n) is 4.33. The summed E-state index contributed by atoms with van der Waals surface area (Å²) in [6.45, 7) is 6.92. The van der Waals surface area contributed by atoms with E-state index in [4.69, 9.17) is 5.32 Å². The fourth-order valence-electron chi connectivity index (χ4n) is 3.16. The normalized spacial score (nSPS) is 34.2. The molecule has 3 heteroatoms. The summed E-state index contributed by atoms with van der Waals surface area (Å²) in [7, 11) is 0. The first-order chi connectivity index (χ1) is 8.27. The quantitative estimate of drug-likeness (QED) is 0.781. The van der Waals surface area contributed by atoms with Gasteiger partial charge in [-0.3, -0.25) is 0 Å². The molecule has 0 saturated carbocycles. The fourth-order valence-corrected chi connectivity index (χ4v) is 3.16. The Bertz CT molecular complexity index is 186. The van der Waals surface area contributed by atoms with Gasteiger partial charge in [0.2, 0.25) is 0 Å². The third kappa shape index (κ3) is 3.94. The molecule has 0 amide bonds. The van der Waals surface area contributed by atoms with Crippen molar-refractivity contribution in [1.29, 1.82) is 0 Å². The van der Waals surface area contributed by atoms with Crippen LogP contribution in [0.3, 0.4) is 0 Å². The van der Waals surface area contributed by atoms with Crippen LogP contribution in [0.25, 0.3) is 0 Å². The fraction of sp³-hybridized carbons (Fsp3) is 1.00. The van der Waals surface area contributed by atoms with E-state index in [9.17, 15) is 0 Å². The van der Waals surface area contributed by atoms with Crippen molar-refractivity contribution in [2.75, 3.05) is 13.1 Å². The summed E-state index contributed by atoms with van der Waals surface area (Å²) in [4.78, 5) is 0. The number of piperidine rings is 2. The van der Waals surface area contributed by atoms with Gasteiger partial charge in [-0.05, 0) is 52.6 Å². The second-order valence-electron chi connectivity index (χ2n) is 5.74. The average Bonchev–Trinajstić information content (AvgIpc) is 2.40. The van der Waals surface area contributed by atoms with Gasteiger partial charge >= 0.3 is 0 Å². The van der Waals surface area contributed by atoms with E-state index in [2.05, 4.69) is 24.5 Å². The highest BCUT2D eigenvalue weighted by Crippen LogP contribution is 2.15. The van der Waals surface area contributed by atoms with Crippen molar-refractivity contribution in [1.82, 2.24) is 16.0 Å². The second-order valence-corrected chi connectivity index (χ2v) is 5.74. The molecular weight excluding hydrogens is 210 g/mol. The van der Waals surface area contributed by atoms with Crippen LogP contribution in [-0.2, 0) is 0 Å². The molecule has 2 N–H and O–H groups in total. The minimum Gasteiger partial charge on any atom is -0.312 e. The second kappa shape index (κ2) is 6.72. The summed E-state index contributed by atoms with van der Waals surface area (Å²) < 4.78 is 0. The van der Waals surface area contributed by atoms with Gasteiger partial charge in [0, 0.05) is 24.2 Å². The Morgan fingerprint density at radius 2 is 1.29 bits per heavy atom. The van der Waals surface area contributed by atoms with Gasteiger partial charge in [-0.25, -0.2) is 5.32 Å². The van der Waals surface area contributed by atoms with Crippen LogP contribution in [-0.4, -0.2) is 37.3 Å². The maximum atomic E-state index is 5.00. The van der Waals surface area contributed by atoms with Crippen molar-refractivity contribution in [3.8, 4) is 0 Å². The predicted molar refractivity (Wildman–Crippen MR) is 72.3 cm³/mol. The molecule has 17 heavy (non-hydrogen) atoms. The van der Waals surface area contributed by atoms with Crippen LogP contribution in [0, 0.1) is 0 Å². The molecule has 2 aliphatic heterocycles. The molecule has 2 aliphatic rings. The lowest BCUT2D eigenvalue weighted by Crippen LogP contribution is -2.53. The van der Waals surface area contributed by atoms with Crippen molar-refractivity contribution in [2.24, 2.45) is 0 Å². The number of hydrogen-bond donors (Lipinski definition) is 2. The van der Waals surface area contributed by atoms with E-state index in [-0.39, 0.29) is 0 Å². The summed E-state index contributed by atoms with van der Waals surface area (Å²) in [6.07, 6.45) is 8.01. The molecule has 0 aliphatic carbocycles. The Morgan fingerprint density at radius 1 is 0.824 bits per heavy atom. The van der Waals surface area contributed by atoms with E-state index in [1.165, 1.54) is 51.6 Å². The van der Waals surface area contributed by atoms with Crippen molar-refractivity contribution in [2.45, 2.75) is 76.5 Å². The lowest BCUT2D eigenvalue weighted by atomic mass is 9.95. The zero-order valence-corrected chi connectivity index (χ0v) is 11.4. The van der Waals surface area contributed by atoms with Gasteiger partial charge in [-0.15, -0.1) is 0 Å². The van der Waals surface area contributed by atoms with Crippen molar-refractivity contribution >= 4 is 0 Å². The molecule has 0 aromatic heterocycles. The molecule has 3 nitrogen and oxygen atoms in total. The first-order valence-electron chi connectivity index (χ1n) is 7.44. The van der Waals surface area contributed by atoms with Crippen LogP contribution >= 0.6 is 0 Å². The Labute approximate surface area is 106 Å².